The first-order valence-corrected chi connectivity index (χ1v) is 12.6. The molecule has 1 saturated heterocycles. The number of aliphatic hydroxyl groups is 1. The molecule has 1 aromatic carbocycles. The van der Waals surface area contributed by atoms with Gasteiger partial charge in [-0.05, 0) is 63.8 Å². The van der Waals surface area contributed by atoms with Gasteiger partial charge in [-0.2, -0.15) is 26.3 Å². The van der Waals surface area contributed by atoms with Crippen molar-refractivity contribution in [2.45, 2.75) is 102 Å². The van der Waals surface area contributed by atoms with Crippen molar-refractivity contribution >= 4 is 12.2 Å². The highest BCUT2D eigenvalue weighted by Crippen LogP contribution is 2.38. The number of nitrogens with zero attached hydrogens (tertiary/aromatic N) is 2. The number of hydrogen-bond donors (Lipinski definition) is 1. The van der Waals surface area contributed by atoms with E-state index in [4.69, 9.17) is 15.9 Å². The van der Waals surface area contributed by atoms with Gasteiger partial charge in [0.15, 0.2) is 0 Å². The van der Waals surface area contributed by atoms with Crippen LogP contribution in [-0.4, -0.2) is 64.0 Å². The number of benzene rings is 1. The van der Waals surface area contributed by atoms with Gasteiger partial charge in [0.25, 0.3) is 0 Å². The molecule has 0 bridgehead atoms. The van der Waals surface area contributed by atoms with Crippen LogP contribution in [0, 0.1) is 12.3 Å². The van der Waals surface area contributed by atoms with Crippen molar-refractivity contribution in [1.29, 1.82) is 0 Å². The molecule has 1 aliphatic rings. The fourth-order valence-corrected chi connectivity index (χ4v) is 4.78. The summed E-state index contributed by atoms with van der Waals surface area (Å²) < 4.78 is 91.0. The number of piperidine rings is 1. The minimum atomic E-state index is -5.06. The van der Waals surface area contributed by atoms with Gasteiger partial charge in [-0.25, -0.2) is 9.59 Å². The molecule has 2 amide bonds. The highest BCUT2D eigenvalue weighted by atomic mass is 19.4. The van der Waals surface area contributed by atoms with Crippen LogP contribution in [0.25, 0.3) is 0 Å². The molecule has 1 N–H and O–H groups in total. The van der Waals surface area contributed by atoms with Gasteiger partial charge < -0.3 is 24.4 Å². The number of likely N-dealkylation sites (tertiary alicyclic amines) is 1. The zero-order valence-electron chi connectivity index (χ0n) is 22.9. The van der Waals surface area contributed by atoms with Gasteiger partial charge in [0, 0.05) is 31.1 Å². The van der Waals surface area contributed by atoms with Crippen molar-refractivity contribution in [2.24, 2.45) is 0 Å². The standard InChI is InChI=1S/C27H34F6N2O5/c1-7-19-12-20(13-21(14-22(36)8-2)35(19)24(38)40-25(3,4)5)34(23(37)39-6)15-16-9-17(26(28,29)30)11-18(10-16)27(31,32)33/h2,9-11,19-22,36H,7,12-15H2,1,3-6H3/t19-,20+,21-,22-/m1/s1. The molecule has 40 heavy (non-hydrogen) atoms. The zero-order chi connectivity index (χ0) is 30.6. The summed E-state index contributed by atoms with van der Waals surface area (Å²) in [5.74, 6) is 2.17. The van der Waals surface area contributed by atoms with Crippen molar-refractivity contribution in [2.75, 3.05) is 7.11 Å². The summed E-state index contributed by atoms with van der Waals surface area (Å²) in [6.45, 7) is 6.16. The number of methoxy groups -OCH3 is 1. The summed E-state index contributed by atoms with van der Waals surface area (Å²) >= 11 is 0. The predicted molar refractivity (Wildman–Crippen MR) is 133 cm³/mol. The van der Waals surface area contributed by atoms with Crippen LogP contribution in [0.15, 0.2) is 18.2 Å². The Bertz CT molecular complexity index is 1060. The highest BCUT2D eigenvalue weighted by Gasteiger charge is 2.44. The van der Waals surface area contributed by atoms with E-state index in [0.29, 0.717) is 18.6 Å². The monoisotopic (exact) mass is 580 g/mol. The van der Waals surface area contributed by atoms with Crippen LogP contribution in [0.5, 0.6) is 0 Å². The van der Waals surface area contributed by atoms with Crippen LogP contribution in [0.2, 0.25) is 0 Å². The lowest BCUT2D eigenvalue weighted by Gasteiger charge is -2.48. The van der Waals surface area contributed by atoms with E-state index in [1.165, 1.54) is 4.90 Å². The number of terminal acetylenes is 1. The second-order valence-corrected chi connectivity index (χ2v) is 10.7. The molecule has 1 aliphatic heterocycles. The first kappa shape index (κ1) is 33.1. The molecule has 0 unspecified atom stereocenters. The van der Waals surface area contributed by atoms with Gasteiger partial charge in [-0.3, -0.25) is 0 Å². The summed E-state index contributed by atoms with van der Waals surface area (Å²) in [5.41, 5.74) is -4.28. The molecule has 0 saturated carbocycles. The Hall–Kier alpha value is -3.14. The number of halogens is 6. The Morgan fingerprint density at radius 1 is 1.07 bits per heavy atom. The molecule has 1 fully saturated rings. The van der Waals surface area contributed by atoms with E-state index in [9.17, 15) is 41.0 Å². The molecule has 0 aromatic heterocycles. The Kier molecular flexibility index (Phi) is 10.4. The number of amides is 2. The maximum absolute atomic E-state index is 13.4. The van der Waals surface area contributed by atoms with Gasteiger partial charge in [-0.15, -0.1) is 6.42 Å². The summed E-state index contributed by atoms with van der Waals surface area (Å²) in [4.78, 5) is 28.4. The minimum absolute atomic E-state index is 0.00860. The second kappa shape index (κ2) is 12.6. The number of aliphatic hydroxyl groups excluding tert-OH is 1. The average Bonchev–Trinajstić information content (AvgIpc) is 2.83. The number of carbonyl (C=O) groups excluding carboxylic acids is 2. The number of hydrogen-bond acceptors (Lipinski definition) is 5. The van der Waals surface area contributed by atoms with Crippen molar-refractivity contribution in [3.05, 3.63) is 34.9 Å². The van der Waals surface area contributed by atoms with Gasteiger partial charge in [0.2, 0.25) is 0 Å². The van der Waals surface area contributed by atoms with Crippen molar-refractivity contribution in [1.82, 2.24) is 9.80 Å². The van der Waals surface area contributed by atoms with Crippen LogP contribution in [0.4, 0.5) is 35.9 Å². The maximum atomic E-state index is 13.4. The topological polar surface area (TPSA) is 79.3 Å². The third kappa shape index (κ3) is 8.68. The van der Waals surface area contributed by atoms with Crippen LogP contribution in [0.1, 0.15) is 70.1 Å². The first-order valence-electron chi connectivity index (χ1n) is 12.6. The fraction of sp³-hybridized carbons (Fsp3) is 0.630. The largest absolute Gasteiger partial charge is 0.453 e. The first-order chi connectivity index (χ1) is 18.3. The second-order valence-electron chi connectivity index (χ2n) is 10.7. The molecule has 0 spiro atoms. The lowest BCUT2D eigenvalue weighted by molar-refractivity contribution is -0.143. The molecule has 224 valence electrons. The summed E-state index contributed by atoms with van der Waals surface area (Å²) in [6, 6.07) is -0.979. The van der Waals surface area contributed by atoms with E-state index in [1.807, 2.05) is 0 Å². The van der Waals surface area contributed by atoms with E-state index in [-0.39, 0.29) is 25.3 Å². The average molecular weight is 581 g/mol. The lowest BCUT2D eigenvalue weighted by atomic mass is 9.86. The molecule has 13 heteroatoms. The molecular formula is C27H34F6N2O5. The van der Waals surface area contributed by atoms with E-state index in [1.54, 1.807) is 27.7 Å². The fourth-order valence-electron chi connectivity index (χ4n) is 4.78. The molecular weight excluding hydrogens is 546 g/mol. The van der Waals surface area contributed by atoms with Crippen molar-refractivity contribution in [3.63, 3.8) is 0 Å². The van der Waals surface area contributed by atoms with Gasteiger partial charge in [0.1, 0.15) is 11.7 Å². The Morgan fingerprint density at radius 2 is 1.60 bits per heavy atom. The number of alkyl halides is 6. The van der Waals surface area contributed by atoms with Gasteiger partial charge >= 0.3 is 24.5 Å². The number of rotatable bonds is 6. The normalized spacial score (nSPS) is 20.9. The van der Waals surface area contributed by atoms with Crippen LogP contribution in [-0.2, 0) is 28.4 Å². The lowest BCUT2D eigenvalue weighted by Crippen LogP contribution is -2.58. The molecule has 2 rings (SSSR count). The Labute approximate surface area is 229 Å². The molecule has 7 nitrogen and oxygen atoms in total. The molecule has 1 aromatic rings. The van der Waals surface area contributed by atoms with Gasteiger partial charge in [0.05, 0.1) is 18.2 Å². The zero-order valence-corrected chi connectivity index (χ0v) is 22.9. The minimum Gasteiger partial charge on any atom is -0.453 e. The smallest absolute Gasteiger partial charge is 0.416 e. The third-order valence-corrected chi connectivity index (χ3v) is 6.49. The summed E-state index contributed by atoms with van der Waals surface area (Å²) in [7, 11) is 1.04. The third-order valence-electron chi connectivity index (χ3n) is 6.49. The maximum Gasteiger partial charge on any atom is 0.416 e. The van der Waals surface area contributed by atoms with E-state index in [0.717, 1.165) is 12.0 Å². The number of ether oxygens (including phenoxy) is 2. The summed E-state index contributed by atoms with van der Waals surface area (Å²) in [6.07, 6.45) is -7.30. The molecule has 0 aliphatic carbocycles. The van der Waals surface area contributed by atoms with Crippen LogP contribution >= 0.6 is 0 Å². The van der Waals surface area contributed by atoms with E-state index in [2.05, 4.69) is 5.92 Å². The molecule has 1 heterocycles. The van der Waals surface area contributed by atoms with Gasteiger partial charge in [-0.1, -0.05) is 12.8 Å². The molecule has 0 radical (unpaired) electrons. The highest BCUT2D eigenvalue weighted by molar-refractivity contribution is 5.70. The number of carbonyl (C=O) groups is 2. The Morgan fingerprint density at radius 3 is 2.02 bits per heavy atom. The van der Waals surface area contributed by atoms with E-state index < -0.39 is 77.6 Å². The quantitative estimate of drug-likeness (QED) is 0.319. The SMILES string of the molecule is C#C[C@@H](O)C[C@H]1C[C@@H](N(Cc2cc(C(F)(F)F)cc(C(F)(F)F)c2)C(=O)OC)C[C@@H](CC)N1C(=O)OC(C)(C)C. The van der Waals surface area contributed by atoms with E-state index >= 15 is 0 Å². The Balaban J connectivity index is 2.53. The predicted octanol–water partition coefficient (Wildman–Crippen LogP) is 6.22. The van der Waals surface area contributed by atoms with Crippen molar-refractivity contribution < 1.29 is 50.5 Å². The van der Waals surface area contributed by atoms with Crippen molar-refractivity contribution in [3.8, 4) is 12.3 Å². The van der Waals surface area contributed by atoms with Crippen LogP contribution < -0.4 is 0 Å². The van der Waals surface area contributed by atoms with Crippen LogP contribution in [0.3, 0.4) is 0 Å². The molecule has 4 atom stereocenters. The summed E-state index contributed by atoms with van der Waals surface area (Å²) in [5, 5.41) is 10.2.